The summed E-state index contributed by atoms with van der Waals surface area (Å²) in [4.78, 5) is 0. The lowest BCUT2D eigenvalue weighted by Gasteiger charge is -2.34. The molecule has 1 aliphatic heterocycles. The first-order valence-corrected chi connectivity index (χ1v) is 4.24. The van der Waals surface area contributed by atoms with Crippen LogP contribution in [0.15, 0.2) is 0 Å². The third-order valence-electron chi connectivity index (χ3n) is 2.44. The van der Waals surface area contributed by atoms with Gasteiger partial charge in [-0.25, -0.2) is 0 Å². The van der Waals surface area contributed by atoms with Crippen LogP contribution in [0, 0.1) is 11.3 Å². The van der Waals surface area contributed by atoms with E-state index in [1.807, 2.05) is 0 Å². The predicted molar refractivity (Wildman–Crippen MR) is 45.0 cm³/mol. The molecular weight excluding hydrogens is 122 g/mol. The van der Waals surface area contributed by atoms with E-state index in [1.165, 1.54) is 12.8 Å². The van der Waals surface area contributed by atoms with Crippen molar-refractivity contribution in [2.24, 2.45) is 11.3 Å². The van der Waals surface area contributed by atoms with E-state index in [0.29, 0.717) is 11.3 Å². The van der Waals surface area contributed by atoms with Gasteiger partial charge in [-0.1, -0.05) is 20.8 Å². The van der Waals surface area contributed by atoms with Gasteiger partial charge in [-0.05, 0) is 37.3 Å². The zero-order chi connectivity index (χ0) is 8.48. The average Bonchev–Trinajstić information content (AvgIpc) is 1.86. The lowest BCUT2D eigenvalue weighted by Crippen LogP contribution is -2.36. The molecule has 1 heterocycles. The van der Waals surface area contributed by atoms with Crippen LogP contribution in [0.3, 0.4) is 0 Å². The quantitative estimate of drug-likeness (QED) is 0.545. The van der Waals surface area contributed by atoms with E-state index in [9.17, 15) is 0 Å². The Bertz CT molecular complexity index is 128. The van der Waals surface area contributed by atoms with Gasteiger partial charge in [0.2, 0.25) is 0 Å². The highest BCUT2D eigenvalue weighted by molar-refractivity contribution is 4.79. The van der Waals surface area contributed by atoms with Gasteiger partial charge in [0.05, 0.1) is 0 Å². The van der Waals surface area contributed by atoms with Gasteiger partial charge in [-0.15, -0.1) is 0 Å². The Hall–Kier alpha value is -0.0400. The standard InChI is InChI=1S/C9H19N/c1-9(2,3)8-5-4-6-10-7-8/h8,10H,4-7H2,1-3H3/i/hD. The molecule has 0 spiro atoms. The van der Waals surface area contributed by atoms with Crippen LogP contribution in [-0.2, 0) is 0 Å². The molecular formula is C9H19N. The molecule has 0 saturated carbocycles. The number of hydrogen-bond acceptors (Lipinski definition) is 1. The van der Waals surface area contributed by atoms with Crippen molar-refractivity contribution in [3.8, 4) is 0 Å². The molecule has 1 heteroatoms. The van der Waals surface area contributed by atoms with E-state index in [4.69, 9.17) is 1.41 Å². The van der Waals surface area contributed by atoms with Gasteiger partial charge in [0.1, 0.15) is 1.41 Å². The van der Waals surface area contributed by atoms with Gasteiger partial charge >= 0.3 is 0 Å². The maximum atomic E-state index is 7.52. The molecule has 1 atom stereocenters. The summed E-state index contributed by atoms with van der Waals surface area (Å²) >= 11 is 0. The van der Waals surface area contributed by atoms with E-state index in [1.54, 1.807) is 5.31 Å². The van der Waals surface area contributed by atoms with E-state index >= 15 is 0 Å². The molecule has 0 aromatic heterocycles. The highest BCUT2D eigenvalue weighted by Crippen LogP contribution is 2.30. The van der Waals surface area contributed by atoms with Crippen LogP contribution < -0.4 is 5.31 Å². The van der Waals surface area contributed by atoms with Crippen molar-refractivity contribution in [1.82, 2.24) is 5.31 Å². The summed E-state index contributed by atoms with van der Waals surface area (Å²) in [5.41, 5.74) is 0.389. The second kappa shape index (κ2) is 2.91. The Morgan fingerprint density at radius 2 is 2.20 bits per heavy atom. The molecule has 1 rings (SSSR count). The monoisotopic (exact) mass is 142 g/mol. The van der Waals surface area contributed by atoms with Crippen molar-refractivity contribution < 1.29 is 1.41 Å². The first kappa shape index (κ1) is 6.66. The molecule has 0 aromatic carbocycles. The second-order valence-electron chi connectivity index (χ2n) is 4.33. The molecule has 0 amide bonds. The van der Waals surface area contributed by atoms with Crippen LogP contribution >= 0.6 is 0 Å². The first-order valence-electron chi connectivity index (χ1n) is 4.68. The van der Waals surface area contributed by atoms with Crippen LogP contribution in [0.5, 0.6) is 0 Å². The predicted octanol–water partition coefficient (Wildman–Crippen LogP) is 2.03. The minimum Gasteiger partial charge on any atom is -0.316 e. The van der Waals surface area contributed by atoms with Crippen molar-refractivity contribution in [3.05, 3.63) is 0 Å². The van der Waals surface area contributed by atoms with Crippen molar-refractivity contribution >= 4 is 0 Å². The van der Waals surface area contributed by atoms with Crippen LogP contribution in [-0.4, -0.2) is 13.1 Å². The summed E-state index contributed by atoms with van der Waals surface area (Å²) in [5, 5.41) is 1.71. The molecule has 60 valence electrons. The molecule has 1 N–H and O–H groups in total. The van der Waals surface area contributed by atoms with E-state index in [-0.39, 0.29) is 0 Å². The largest absolute Gasteiger partial charge is 0.316 e. The van der Waals surface area contributed by atoms with Gasteiger partial charge in [0.25, 0.3) is 0 Å². The van der Waals surface area contributed by atoms with Gasteiger partial charge in [-0.3, -0.25) is 0 Å². The van der Waals surface area contributed by atoms with Gasteiger partial charge in [-0.2, -0.15) is 0 Å². The molecule has 1 unspecified atom stereocenters. The third kappa shape index (κ3) is 1.98. The highest BCUT2D eigenvalue weighted by Gasteiger charge is 2.25. The lowest BCUT2D eigenvalue weighted by atomic mass is 9.77. The van der Waals surface area contributed by atoms with Gasteiger partial charge in [0.15, 0.2) is 0 Å². The fourth-order valence-corrected chi connectivity index (χ4v) is 1.49. The zero-order valence-corrected chi connectivity index (χ0v) is 7.35. The molecule has 0 aliphatic carbocycles. The van der Waals surface area contributed by atoms with Crippen LogP contribution in [0.1, 0.15) is 33.6 Å². The smallest absolute Gasteiger partial charge is 0.122 e. The maximum Gasteiger partial charge on any atom is 0.122 e. The summed E-state index contributed by atoms with van der Waals surface area (Å²) in [7, 11) is 0. The lowest BCUT2D eigenvalue weighted by molar-refractivity contribution is 0.193. The molecule has 1 fully saturated rings. The normalized spacial score (nSPS) is 31.9. The van der Waals surface area contributed by atoms with Crippen molar-refractivity contribution in [1.29, 1.82) is 0 Å². The molecule has 0 bridgehead atoms. The number of rotatable bonds is 0. The SMILES string of the molecule is [2H]N1CCCC(C(C)(C)C)C1. The third-order valence-corrected chi connectivity index (χ3v) is 2.44. The van der Waals surface area contributed by atoms with Gasteiger partial charge < -0.3 is 5.31 Å². The Kier molecular flexibility index (Phi) is 1.94. The fraction of sp³-hybridized carbons (Fsp3) is 1.00. The van der Waals surface area contributed by atoms with E-state index in [2.05, 4.69) is 20.8 Å². The van der Waals surface area contributed by atoms with Crippen molar-refractivity contribution in [3.63, 3.8) is 0 Å². The Labute approximate surface area is 65.7 Å². The summed E-state index contributed by atoms with van der Waals surface area (Å²) in [5.74, 6) is 0.716. The van der Waals surface area contributed by atoms with E-state index in [0.717, 1.165) is 13.1 Å². The molecule has 1 saturated heterocycles. The Morgan fingerprint density at radius 1 is 1.50 bits per heavy atom. The molecule has 10 heavy (non-hydrogen) atoms. The van der Waals surface area contributed by atoms with Crippen LogP contribution in [0.4, 0.5) is 0 Å². The minimum absolute atomic E-state index is 0.389. The van der Waals surface area contributed by atoms with Crippen molar-refractivity contribution in [2.75, 3.05) is 13.1 Å². The molecule has 0 radical (unpaired) electrons. The average molecular weight is 142 g/mol. The minimum atomic E-state index is 0.389. The van der Waals surface area contributed by atoms with Crippen LogP contribution in [0.2, 0.25) is 1.41 Å². The zero-order valence-electron chi connectivity index (χ0n) is 8.35. The number of hydrogen-bond donors (Lipinski definition) is 1. The second-order valence-corrected chi connectivity index (χ2v) is 4.33. The summed E-state index contributed by atoms with van der Waals surface area (Å²) in [6.07, 6.45) is 2.50. The maximum absolute atomic E-state index is 7.52. The van der Waals surface area contributed by atoms with E-state index < -0.39 is 0 Å². The van der Waals surface area contributed by atoms with Crippen molar-refractivity contribution in [2.45, 2.75) is 33.6 Å². The Morgan fingerprint density at radius 3 is 2.60 bits per heavy atom. The summed E-state index contributed by atoms with van der Waals surface area (Å²) in [6.45, 7) is 8.75. The summed E-state index contributed by atoms with van der Waals surface area (Å²) in [6, 6.07) is 0. The van der Waals surface area contributed by atoms with Gasteiger partial charge in [0, 0.05) is 0 Å². The Balaban J connectivity index is 2.46. The molecule has 1 aliphatic rings. The highest BCUT2D eigenvalue weighted by atomic mass is 14.9. The van der Waals surface area contributed by atoms with Crippen LogP contribution in [0.25, 0.3) is 0 Å². The number of nitrogens with one attached hydrogen (secondary N) is 1. The first-order chi connectivity index (χ1) is 5.00. The number of piperidine rings is 1. The molecule has 1 nitrogen and oxygen atoms in total. The molecule has 0 aromatic rings. The topological polar surface area (TPSA) is 12.0 Å². The summed E-state index contributed by atoms with van der Waals surface area (Å²) < 4.78 is 7.52. The fourth-order valence-electron chi connectivity index (χ4n) is 1.49.